The molecule has 0 N–H and O–H groups in total. The number of carbonyl (C=O) groups excluding carboxylic acids is 1. The highest BCUT2D eigenvalue weighted by Gasteiger charge is 2.15. The van der Waals surface area contributed by atoms with Crippen molar-refractivity contribution < 1.29 is 14.3 Å². The Morgan fingerprint density at radius 3 is 2.57 bits per heavy atom. The van der Waals surface area contributed by atoms with Gasteiger partial charge < -0.3 is 9.47 Å². The minimum atomic E-state index is -0.210. The maximum absolute atomic E-state index is 11.7. The van der Waals surface area contributed by atoms with Crippen molar-refractivity contribution in [1.82, 2.24) is 14.8 Å². The maximum atomic E-state index is 11.7. The molecular weight excluding hydrogens is 270 g/mol. The molecule has 0 amide bonds. The SMILES string of the molecule is CCOCCOc1nc(-c2ccc(C)cc2)n(C(C)=O)n1. The van der Waals surface area contributed by atoms with Gasteiger partial charge in [0.2, 0.25) is 5.91 Å². The molecule has 0 fully saturated rings. The van der Waals surface area contributed by atoms with Gasteiger partial charge in [-0.1, -0.05) is 29.8 Å². The summed E-state index contributed by atoms with van der Waals surface area (Å²) in [6.45, 7) is 6.80. The lowest BCUT2D eigenvalue weighted by atomic mass is 10.1. The number of aryl methyl sites for hydroxylation is 1. The second-order valence-electron chi connectivity index (χ2n) is 4.56. The van der Waals surface area contributed by atoms with Crippen LogP contribution in [0.15, 0.2) is 24.3 Å². The van der Waals surface area contributed by atoms with Crippen molar-refractivity contribution >= 4 is 5.91 Å². The Morgan fingerprint density at radius 2 is 1.95 bits per heavy atom. The van der Waals surface area contributed by atoms with Crippen LogP contribution in [0.2, 0.25) is 0 Å². The number of carbonyl (C=O) groups is 1. The fourth-order valence-electron chi connectivity index (χ4n) is 1.80. The first-order chi connectivity index (χ1) is 10.1. The highest BCUT2D eigenvalue weighted by atomic mass is 16.5. The summed E-state index contributed by atoms with van der Waals surface area (Å²) in [7, 11) is 0. The van der Waals surface area contributed by atoms with Gasteiger partial charge in [0.05, 0.1) is 6.61 Å². The molecule has 1 heterocycles. The van der Waals surface area contributed by atoms with E-state index in [1.165, 1.54) is 11.6 Å². The van der Waals surface area contributed by atoms with Crippen molar-refractivity contribution in [2.24, 2.45) is 0 Å². The van der Waals surface area contributed by atoms with Crippen molar-refractivity contribution in [3.63, 3.8) is 0 Å². The van der Waals surface area contributed by atoms with Crippen LogP contribution >= 0.6 is 0 Å². The summed E-state index contributed by atoms with van der Waals surface area (Å²) < 4.78 is 11.8. The van der Waals surface area contributed by atoms with E-state index in [1.807, 2.05) is 38.1 Å². The molecule has 0 atom stereocenters. The molecule has 0 spiro atoms. The molecule has 2 rings (SSSR count). The van der Waals surface area contributed by atoms with E-state index in [0.717, 1.165) is 11.1 Å². The molecule has 6 nitrogen and oxygen atoms in total. The normalized spacial score (nSPS) is 10.6. The van der Waals surface area contributed by atoms with E-state index in [4.69, 9.17) is 9.47 Å². The van der Waals surface area contributed by atoms with Gasteiger partial charge in [-0.3, -0.25) is 4.79 Å². The molecular formula is C15H19N3O3. The zero-order valence-electron chi connectivity index (χ0n) is 12.5. The molecule has 0 aliphatic rings. The summed E-state index contributed by atoms with van der Waals surface area (Å²) in [5.41, 5.74) is 1.96. The first-order valence-corrected chi connectivity index (χ1v) is 6.87. The van der Waals surface area contributed by atoms with Gasteiger partial charge in [0, 0.05) is 19.1 Å². The molecule has 0 radical (unpaired) electrons. The zero-order chi connectivity index (χ0) is 15.2. The van der Waals surface area contributed by atoms with Crippen LogP contribution in [0.25, 0.3) is 11.4 Å². The van der Waals surface area contributed by atoms with E-state index in [0.29, 0.717) is 25.6 Å². The van der Waals surface area contributed by atoms with Gasteiger partial charge in [-0.25, -0.2) is 0 Å². The van der Waals surface area contributed by atoms with Gasteiger partial charge in [0.1, 0.15) is 6.61 Å². The van der Waals surface area contributed by atoms with Gasteiger partial charge >= 0.3 is 6.01 Å². The third-order valence-corrected chi connectivity index (χ3v) is 2.86. The molecule has 0 unspecified atom stereocenters. The Hall–Kier alpha value is -2.21. The van der Waals surface area contributed by atoms with Gasteiger partial charge in [-0.05, 0) is 13.8 Å². The number of rotatable bonds is 6. The number of ether oxygens (including phenoxy) is 2. The molecule has 2 aromatic rings. The quantitative estimate of drug-likeness (QED) is 0.764. The predicted molar refractivity (Wildman–Crippen MR) is 78.5 cm³/mol. The van der Waals surface area contributed by atoms with Crippen LogP contribution in [0.3, 0.4) is 0 Å². The van der Waals surface area contributed by atoms with Gasteiger partial charge in [0.15, 0.2) is 5.82 Å². The van der Waals surface area contributed by atoms with Crippen LogP contribution in [0.1, 0.15) is 24.2 Å². The fourth-order valence-corrected chi connectivity index (χ4v) is 1.80. The lowest BCUT2D eigenvalue weighted by Gasteiger charge is -2.01. The average Bonchev–Trinajstić information content (AvgIpc) is 2.89. The largest absolute Gasteiger partial charge is 0.460 e. The number of hydrogen-bond donors (Lipinski definition) is 0. The van der Waals surface area contributed by atoms with E-state index in [-0.39, 0.29) is 11.9 Å². The number of nitrogens with zero attached hydrogens (tertiary/aromatic N) is 3. The molecule has 0 saturated carbocycles. The Morgan fingerprint density at radius 1 is 1.24 bits per heavy atom. The van der Waals surface area contributed by atoms with Crippen LogP contribution in [0, 0.1) is 6.92 Å². The second kappa shape index (κ2) is 6.99. The lowest BCUT2D eigenvalue weighted by molar-refractivity contribution is 0.0915. The van der Waals surface area contributed by atoms with Crippen LogP contribution < -0.4 is 4.74 Å². The first kappa shape index (κ1) is 15.2. The molecule has 0 aliphatic heterocycles. The molecule has 112 valence electrons. The second-order valence-corrected chi connectivity index (χ2v) is 4.56. The summed E-state index contributed by atoms with van der Waals surface area (Å²) in [6.07, 6.45) is 0. The van der Waals surface area contributed by atoms with Crippen molar-refractivity contribution in [3.05, 3.63) is 29.8 Å². The van der Waals surface area contributed by atoms with E-state index in [2.05, 4.69) is 10.1 Å². The molecule has 0 saturated heterocycles. The third-order valence-electron chi connectivity index (χ3n) is 2.86. The minimum Gasteiger partial charge on any atom is -0.460 e. The summed E-state index contributed by atoms with van der Waals surface area (Å²) in [5, 5.41) is 4.08. The number of aromatic nitrogens is 3. The smallest absolute Gasteiger partial charge is 0.336 e. The topological polar surface area (TPSA) is 66.2 Å². The minimum absolute atomic E-state index is 0.181. The fraction of sp³-hybridized carbons (Fsp3) is 0.400. The molecule has 1 aromatic carbocycles. The van der Waals surface area contributed by atoms with Gasteiger partial charge in [-0.15, -0.1) is 5.10 Å². The number of benzene rings is 1. The zero-order valence-corrected chi connectivity index (χ0v) is 12.5. The first-order valence-electron chi connectivity index (χ1n) is 6.87. The Labute approximate surface area is 123 Å². The Bertz CT molecular complexity index is 605. The van der Waals surface area contributed by atoms with Crippen LogP contribution in [0.5, 0.6) is 6.01 Å². The van der Waals surface area contributed by atoms with Crippen molar-refractivity contribution in [2.75, 3.05) is 19.8 Å². The summed E-state index contributed by atoms with van der Waals surface area (Å²) in [6, 6.07) is 7.92. The Balaban J connectivity index is 2.21. The highest BCUT2D eigenvalue weighted by molar-refractivity contribution is 5.80. The van der Waals surface area contributed by atoms with E-state index < -0.39 is 0 Å². The summed E-state index contributed by atoms with van der Waals surface area (Å²) >= 11 is 0. The lowest BCUT2D eigenvalue weighted by Crippen LogP contribution is -2.10. The van der Waals surface area contributed by atoms with Gasteiger partial charge in [0.25, 0.3) is 0 Å². The maximum Gasteiger partial charge on any atom is 0.336 e. The molecule has 0 bridgehead atoms. The van der Waals surface area contributed by atoms with E-state index in [9.17, 15) is 4.79 Å². The van der Waals surface area contributed by atoms with E-state index in [1.54, 1.807) is 0 Å². The molecule has 0 aliphatic carbocycles. The number of hydrogen-bond acceptors (Lipinski definition) is 5. The summed E-state index contributed by atoms with van der Waals surface area (Å²) in [4.78, 5) is 16.0. The van der Waals surface area contributed by atoms with Crippen LogP contribution in [-0.4, -0.2) is 40.5 Å². The summed E-state index contributed by atoms with van der Waals surface area (Å²) in [5.74, 6) is 0.270. The van der Waals surface area contributed by atoms with Crippen molar-refractivity contribution in [3.8, 4) is 17.4 Å². The Kier molecular flexibility index (Phi) is 5.05. The molecule has 6 heteroatoms. The van der Waals surface area contributed by atoms with E-state index >= 15 is 0 Å². The van der Waals surface area contributed by atoms with Crippen molar-refractivity contribution in [2.45, 2.75) is 20.8 Å². The van der Waals surface area contributed by atoms with Crippen LogP contribution in [-0.2, 0) is 4.74 Å². The standard InChI is InChI=1S/C15H19N3O3/c1-4-20-9-10-21-15-16-14(18(17-15)12(3)19)13-7-5-11(2)6-8-13/h5-8H,4,9-10H2,1-3H3. The average molecular weight is 289 g/mol. The van der Waals surface area contributed by atoms with Crippen LogP contribution in [0.4, 0.5) is 0 Å². The predicted octanol–water partition coefficient (Wildman–Crippen LogP) is 2.33. The van der Waals surface area contributed by atoms with Crippen molar-refractivity contribution in [1.29, 1.82) is 0 Å². The molecule has 21 heavy (non-hydrogen) atoms. The molecule has 1 aromatic heterocycles. The third kappa shape index (κ3) is 3.88. The highest BCUT2D eigenvalue weighted by Crippen LogP contribution is 2.20. The monoisotopic (exact) mass is 289 g/mol. The van der Waals surface area contributed by atoms with Gasteiger partial charge in [-0.2, -0.15) is 9.67 Å².